The van der Waals surface area contributed by atoms with Crippen LogP contribution in [-0.4, -0.2) is 12.1 Å². The van der Waals surface area contributed by atoms with Crippen molar-refractivity contribution in [2.75, 3.05) is 0 Å². The van der Waals surface area contributed by atoms with Crippen LogP contribution in [0.5, 0.6) is 0 Å². The minimum absolute atomic E-state index is 0.496. The second-order valence-electron chi connectivity index (χ2n) is 7.55. The topological polar surface area (TPSA) is 12.0 Å². The highest BCUT2D eigenvalue weighted by Gasteiger charge is 2.59. The molecule has 2 fully saturated rings. The van der Waals surface area contributed by atoms with E-state index in [2.05, 4.69) is 46.9 Å². The molecule has 1 N–H and O–H groups in total. The number of fused-ring (bicyclic) bond motifs is 2. The summed E-state index contributed by atoms with van der Waals surface area (Å²) in [6.45, 7) is 14.4. The molecule has 0 aromatic heterocycles. The number of hydrogen-bond donors (Lipinski definition) is 1. The summed E-state index contributed by atoms with van der Waals surface area (Å²) in [5.74, 6) is 1.69. The molecule has 2 unspecified atom stereocenters. The minimum Gasteiger partial charge on any atom is -0.310 e. The summed E-state index contributed by atoms with van der Waals surface area (Å²) in [5.41, 5.74) is 1.06. The van der Waals surface area contributed by atoms with Gasteiger partial charge in [0, 0.05) is 12.1 Å². The maximum Gasteiger partial charge on any atom is 0.0177 e. The third-order valence-corrected chi connectivity index (χ3v) is 5.70. The molecule has 1 nitrogen and oxygen atoms in total. The van der Waals surface area contributed by atoms with E-state index in [4.69, 9.17) is 0 Å². The van der Waals surface area contributed by atoms with Gasteiger partial charge in [-0.05, 0) is 48.9 Å². The predicted octanol–water partition coefficient (Wildman–Crippen LogP) is 3.84. The van der Waals surface area contributed by atoms with Crippen molar-refractivity contribution >= 4 is 0 Å². The first-order valence-electron chi connectivity index (χ1n) is 7.03. The standard InChI is InChI=1S/C15H29N/c1-10(2)11(3)16-13-14(4,5)12-7-8-15(13,6)9-12/h10-13,16H,7-9H2,1-6H3/t11?,12-,13?,15+/m0/s1. The molecule has 0 saturated heterocycles. The summed E-state index contributed by atoms with van der Waals surface area (Å²) in [6.07, 6.45) is 4.34. The van der Waals surface area contributed by atoms with Crippen LogP contribution in [-0.2, 0) is 0 Å². The van der Waals surface area contributed by atoms with Gasteiger partial charge in [-0.3, -0.25) is 0 Å². The van der Waals surface area contributed by atoms with Gasteiger partial charge in [-0.1, -0.05) is 34.6 Å². The summed E-state index contributed by atoms with van der Waals surface area (Å²) < 4.78 is 0. The van der Waals surface area contributed by atoms with Crippen LogP contribution in [0, 0.1) is 22.7 Å². The lowest BCUT2D eigenvalue weighted by Crippen LogP contribution is -2.54. The van der Waals surface area contributed by atoms with E-state index in [0.29, 0.717) is 16.9 Å². The summed E-state index contributed by atoms with van der Waals surface area (Å²) in [7, 11) is 0. The molecule has 2 saturated carbocycles. The summed E-state index contributed by atoms with van der Waals surface area (Å²) >= 11 is 0. The zero-order valence-corrected chi connectivity index (χ0v) is 11.9. The van der Waals surface area contributed by atoms with Crippen molar-refractivity contribution in [2.24, 2.45) is 22.7 Å². The van der Waals surface area contributed by atoms with E-state index in [0.717, 1.165) is 17.9 Å². The van der Waals surface area contributed by atoms with Crippen molar-refractivity contribution in [2.45, 2.75) is 72.9 Å². The smallest absolute Gasteiger partial charge is 0.0177 e. The highest BCUT2D eigenvalue weighted by molar-refractivity contribution is 5.12. The molecule has 2 aliphatic rings. The fourth-order valence-corrected chi connectivity index (χ4v) is 4.17. The average Bonchev–Trinajstić information content (AvgIpc) is 2.63. The van der Waals surface area contributed by atoms with Gasteiger partial charge in [0.25, 0.3) is 0 Å². The van der Waals surface area contributed by atoms with Crippen molar-refractivity contribution in [3.05, 3.63) is 0 Å². The number of hydrogen-bond acceptors (Lipinski definition) is 1. The Morgan fingerprint density at radius 2 is 1.75 bits per heavy atom. The third-order valence-electron chi connectivity index (χ3n) is 5.70. The molecule has 0 spiro atoms. The third kappa shape index (κ3) is 1.72. The van der Waals surface area contributed by atoms with Gasteiger partial charge < -0.3 is 5.32 Å². The molecule has 0 aromatic rings. The lowest BCUT2D eigenvalue weighted by molar-refractivity contribution is 0.0944. The zero-order chi connectivity index (χ0) is 12.1. The Hall–Kier alpha value is -0.0400. The van der Waals surface area contributed by atoms with E-state index >= 15 is 0 Å². The van der Waals surface area contributed by atoms with Crippen molar-refractivity contribution in [3.63, 3.8) is 0 Å². The molecule has 0 heterocycles. The van der Waals surface area contributed by atoms with Crippen LogP contribution in [0.25, 0.3) is 0 Å². The molecule has 0 amide bonds. The highest BCUT2D eigenvalue weighted by Crippen LogP contribution is 2.62. The van der Waals surface area contributed by atoms with Gasteiger partial charge in [-0.2, -0.15) is 0 Å². The molecule has 1 heteroatoms. The van der Waals surface area contributed by atoms with Gasteiger partial charge in [0.2, 0.25) is 0 Å². The van der Waals surface area contributed by atoms with Gasteiger partial charge in [-0.15, -0.1) is 0 Å². The van der Waals surface area contributed by atoms with E-state index in [9.17, 15) is 0 Å². The lowest BCUT2D eigenvalue weighted by atomic mass is 9.68. The quantitative estimate of drug-likeness (QED) is 0.766. The highest BCUT2D eigenvalue weighted by atomic mass is 15.0. The average molecular weight is 223 g/mol. The molecule has 0 radical (unpaired) electrons. The minimum atomic E-state index is 0.496. The van der Waals surface area contributed by atoms with Crippen LogP contribution in [0.15, 0.2) is 0 Å². The first-order chi connectivity index (χ1) is 7.27. The van der Waals surface area contributed by atoms with Crippen molar-refractivity contribution in [1.82, 2.24) is 5.32 Å². The van der Waals surface area contributed by atoms with E-state index < -0.39 is 0 Å². The Labute approximate surface area is 101 Å². The molecule has 2 rings (SSSR count). The SMILES string of the molecule is CC(C)C(C)NC1C(C)(C)[C@H]2CC[C@]1(C)C2. The summed E-state index contributed by atoms with van der Waals surface area (Å²) in [6, 6.07) is 1.36. The van der Waals surface area contributed by atoms with Crippen LogP contribution in [0.1, 0.15) is 60.8 Å². The van der Waals surface area contributed by atoms with Crippen molar-refractivity contribution in [3.8, 4) is 0 Å². The van der Waals surface area contributed by atoms with Crippen LogP contribution in [0.4, 0.5) is 0 Å². The van der Waals surface area contributed by atoms with Gasteiger partial charge in [0.05, 0.1) is 0 Å². The van der Waals surface area contributed by atoms with Gasteiger partial charge in [0.1, 0.15) is 0 Å². The lowest BCUT2D eigenvalue weighted by Gasteiger charge is -2.45. The molecule has 2 aliphatic carbocycles. The Balaban J connectivity index is 2.14. The van der Waals surface area contributed by atoms with Crippen molar-refractivity contribution < 1.29 is 0 Å². The van der Waals surface area contributed by atoms with E-state index in [1.165, 1.54) is 19.3 Å². The fraction of sp³-hybridized carbons (Fsp3) is 1.00. The second-order valence-corrected chi connectivity index (χ2v) is 7.55. The molecular weight excluding hydrogens is 194 g/mol. The van der Waals surface area contributed by atoms with Crippen LogP contribution >= 0.6 is 0 Å². The second kappa shape index (κ2) is 3.73. The van der Waals surface area contributed by atoms with Crippen LogP contribution in [0.3, 0.4) is 0 Å². The molecule has 4 atom stereocenters. The monoisotopic (exact) mass is 223 g/mol. The molecule has 94 valence electrons. The largest absolute Gasteiger partial charge is 0.310 e. The Bertz CT molecular complexity index is 264. The molecule has 0 aliphatic heterocycles. The molecular formula is C15H29N. The maximum atomic E-state index is 3.94. The molecule has 16 heavy (non-hydrogen) atoms. The summed E-state index contributed by atoms with van der Waals surface area (Å²) in [4.78, 5) is 0. The van der Waals surface area contributed by atoms with E-state index in [1.807, 2.05) is 0 Å². The van der Waals surface area contributed by atoms with Crippen LogP contribution < -0.4 is 5.32 Å². The van der Waals surface area contributed by atoms with Gasteiger partial charge in [0.15, 0.2) is 0 Å². The first-order valence-corrected chi connectivity index (χ1v) is 7.03. The normalized spacial score (nSPS) is 42.9. The fourth-order valence-electron chi connectivity index (χ4n) is 4.17. The maximum absolute atomic E-state index is 3.94. The number of rotatable bonds is 3. The Morgan fingerprint density at radius 3 is 2.19 bits per heavy atom. The summed E-state index contributed by atoms with van der Waals surface area (Å²) in [5, 5.41) is 3.94. The van der Waals surface area contributed by atoms with Crippen LogP contribution in [0.2, 0.25) is 0 Å². The molecule has 2 bridgehead atoms. The Kier molecular flexibility index (Phi) is 2.89. The van der Waals surface area contributed by atoms with E-state index in [-0.39, 0.29) is 0 Å². The molecule has 0 aromatic carbocycles. The Morgan fingerprint density at radius 1 is 1.12 bits per heavy atom. The zero-order valence-electron chi connectivity index (χ0n) is 11.9. The van der Waals surface area contributed by atoms with Gasteiger partial charge in [-0.25, -0.2) is 0 Å². The van der Waals surface area contributed by atoms with Crippen molar-refractivity contribution in [1.29, 1.82) is 0 Å². The van der Waals surface area contributed by atoms with Gasteiger partial charge >= 0.3 is 0 Å². The first kappa shape index (κ1) is 12.4. The predicted molar refractivity (Wildman–Crippen MR) is 70.5 cm³/mol. The van der Waals surface area contributed by atoms with E-state index in [1.54, 1.807) is 0 Å². The number of nitrogens with one attached hydrogen (secondary N) is 1.